The first-order valence-electron chi connectivity index (χ1n) is 4.38. The van der Waals surface area contributed by atoms with Gasteiger partial charge in [-0.05, 0) is 25.1 Å². The summed E-state index contributed by atoms with van der Waals surface area (Å²) in [5.74, 6) is 0. The SMILES string of the molecule is CC(O)Cc1nc2ccc(Cl)cc2s1. The number of hydrogen-bond donors (Lipinski definition) is 1. The minimum atomic E-state index is -0.342. The molecule has 0 bridgehead atoms. The molecule has 1 aromatic heterocycles. The molecular weight excluding hydrogens is 218 g/mol. The number of rotatable bonds is 2. The van der Waals surface area contributed by atoms with Crippen molar-refractivity contribution in [2.75, 3.05) is 0 Å². The Hall–Kier alpha value is -0.640. The van der Waals surface area contributed by atoms with Gasteiger partial charge in [0, 0.05) is 11.4 Å². The fourth-order valence-electron chi connectivity index (χ4n) is 1.29. The Labute approximate surface area is 91.2 Å². The lowest BCUT2D eigenvalue weighted by atomic mass is 10.3. The summed E-state index contributed by atoms with van der Waals surface area (Å²) >= 11 is 7.45. The van der Waals surface area contributed by atoms with E-state index in [4.69, 9.17) is 11.6 Å². The van der Waals surface area contributed by atoms with Crippen molar-refractivity contribution < 1.29 is 5.11 Å². The van der Waals surface area contributed by atoms with Crippen molar-refractivity contribution in [3.63, 3.8) is 0 Å². The molecule has 1 unspecified atom stereocenters. The highest BCUT2D eigenvalue weighted by molar-refractivity contribution is 7.18. The number of halogens is 1. The highest BCUT2D eigenvalue weighted by Crippen LogP contribution is 2.25. The van der Waals surface area contributed by atoms with Gasteiger partial charge < -0.3 is 5.11 Å². The van der Waals surface area contributed by atoms with Crippen LogP contribution in [0.1, 0.15) is 11.9 Å². The van der Waals surface area contributed by atoms with E-state index in [1.165, 1.54) is 0 Å². The van der Waals surface area contributed by atoms with Gasteiger partial charge in [-0.3, -0.25) is 0 Å². The third kappa shape index (κ3) is 2.05. The number of hydrogen-bond acceptors (Lipinski definition) is 3. The first kappa shape index (κ1) is 9.90. The minimum absolute atomic E-state index is 0.342. The topological polar surface area (TPSA) is 33.1 Å². The summed E-state index contributed by atoms with van der Waals surface area (Å²) in [5.41, 5.74) is 0.954. The molecule has 0 aliphatic rings. The number of aromatic nitrogens is 1. The molecule has 4 heteroatoms. The van der Waals surface area contributed by atoms with Crippen molar-refractivity contribution in [2.45, 2.75) is 19.4 Å². The van der Waals surface area contributed by atoms with E-state index in [9.17, 15) is 5.11 Å². The van der Waals surface area contributed by atoms with Crippen LogP contribution in [-0.2, 0) is 6.42 Å². The highest BCUT2D eigenvalue weighted by Gasteiger charge is 2.06. The molecule has 1 atom stereocenters. The number of fused-ring (bicyclic) bond motifs is 1. The molecule has 2 aromatic rings. The van der Waals surface area contributed by atoms with Crippen LogP contribution in [0.25, 0.3) is 10.2 Å². The Morgan fingerprint density at radius 2 is 2.36 bits per heavy atom. The number of aliphatic hydroxyl groups excluding tert-OH is 1. The maximum Gasteiger partial charge on any atom is 0.0964 e. The Balaban J connectivity index is 2.41. The molecule has 2 nitrogen and oxygen atoms in total. The lowest BCUT2D eigenvalue weighted by molar-refractivity contribution is 0.195. The molecule has 1 heterocycles. The molecule has 0 fully saturated rings. The molecule has 74 valence electrons. The molecule has 0 aliphatic heterocycles. The van der Waals surface area contributed by atoms with Crippen LogP contribution in [0, 0.1) is 0 Å². The van der Waals surface area contributed by atoms with E-state index in [2.05, 4.69) is 4.98 Å². The molecule has 2 rings (SSSR count). The predicted molar refractivity (Wildman–Crippen MR) is 60.0 cm³/mol. The molecule has 0 amide bonds. The van der Waals surface area contributed by atoms with Gasteiger partial charge in [-0.15, -0.1) is 11.3 Å². The summed E-state index contributed by atoms with van der Waals surface area (Å²) in [7, 11) is 0. The van der Waals surface area contributed by atoms with Crippen molar-refractivity contribution in [1.82, 2.24) is 4.98 Å². The van der Waals surface area contributed by atoms with Crippen LogP contribution >= 0.6 is 22.9 Å². The summed E-state index contributed by atoms with van der Waals surface area (Å²) in [5, 5.41) is 10.9. The maximum absolute atomic E-state index is 9.23. The Morgan fingerprint density at radius 1 is 1.57 bits per heavy atom. The second kappa shape index (κ2) is 3.85. The fourth-order valence-corrected chi connectivity index (χ4v) is 2.65. The van der Waals surface area contributed by atoms with E-state index in [1.54, 1.807) is 18.3 Å². The molecule has 1 N–H and O–H groups in total. The van der Waals surface area contributed by atoms with E-state index in [-0.39, 0.29) is 6.10 Å². The Bertz CT molecular complexity index is 452. The second-order valence-corrected chi connectivity index (χ2v) is 4.82. The van der Waals surface area contributed by atoms with Gasteiger partial charge in [0.25, 0.3) is 0 Å². The number of aliphatic hydroxyl groups is 1. The zero-order valence-electron chi connectivity index (χ0n) is 7.70. The second-order valence-electron chi connectivity index (χ2n) is 3.27. The van der Waals surface area contributed by atoms with Gasteiger partial charge in [0.15, 0.2) is 0 Å². The van der Waals surface area contributed by atoms with Crippen LogP contribution in [-0.4, -0.2) is 16.2 Å². The smallest absolute Gasteiger partial charge is 0.0964 e. The summed E-state index contributed by atoms with van der Waals surface area (Å²) in [6, 6.07) is 5.63. The zero-order chi connectivity index (χ0) is 10.1. The summed E-state index contributed by atoms with van der Waals surface area (Å²) in [4.78, 5) is 4.39. The summed E-state index contributed by atoms with van der Waals surface area (Å²) < 4.78 is 1.08. The molecule has 0 saturated carbocycles. The first-order chi connectivity index (χ1) is 6.65. The van der Waals surface area contributed by atoms with E-state index in [0.29, 0.717) is 6.42 Å². The van der Waals surface area contributed by atoms with E-state index in [1.807, 2.05) is 18.2 Å². The third-order valence-corrected chi connectivity index (χ3v) is 3.14. The van der Waals surface area contributed by atoms with Crippen molar-refractivity contribution in [3.05, 3.63) is 28.2 Å². The first-order valence-corrected chi connectivity index (χ1v) is 5.57. The molecule has 14 heavy (non-hydrogen) atoms. The Kier molecular flexibility index (Phi) is 2.72. The van der Waals surface area contributed by atoms with Crippen LogP contribution in [0.4, 0.5) is 0 Å². The maximum atomic E-state index is 9.23. The van der Waals surface area contributed by atoms with E-state index in [0.717, 1.165) is 20.2 Å². The lowest BCUT2D eigenvalue weighted by Gasteiger charge is -1.97. The summed E-state index contributed by atoms with van der Waals surface area (Å²) in [6.07, 6.45) is 0.266. The monoisotopic (exact) mass is 227 g/mol. The van der Waals surface area contributed by atoms with Crippen molar-refractivity contribution in [1.29, 1.82) is 0 Å². The number of nitrogens with zero attached hydrogens (tertiary/aromatic N) is 1. The van der Waals surface area contributed by atoms with Gasteiger partial charge in [-0.25, -0.2) is 4.98 Å². The van der Waals surface area contributed by atoms with Gasteiger partial charge >= 0.3 is 0 Å². The van der Waals surface area contributed by atoms with E-state index < -0.39 is 0 Å². The number of benzene rings is 1. The molecule has 0 saturated heterocycles. The van der Waals surface area contributed by atoms with E-state index >= 15 is 0 Å². The molecule has 1 aromatic carbocycles. The summed E-state index contributed by atoms with van der Waals surface area (Å²) in [6.45, 7) is 1.76. The van der Waals surface area contributed by atoms with Crippen LogP contribution < -0.4 is 0 Å². The molecule has 0 spiro atoms. The van der Waals surface area contributed by atoms with Crippen LogP contribution in [0.3, 0.4) is 0 Å². The van der Waals surface area contributed by atoms with Gasteiger partial charge in [0.05, 0.1) is 21.3 Å². The van der Waals surface area contributed by atoms with Crippen molar-refractivity contribution >= 4 is 33.2 Å². The minimum Gasteiger partial charge on any atom is -0.393 e. The van der Waals surface area contributed by atoms with Gasteiger partial charge in [-0.2, -0.15) is 0 Å². The third-order valence-electron chi connectivity index (χ3n) is 1.86. The quantitative estimate of drug-likeness (QED) is 0.856. The Morgan fingerprint density at radius 3 is 3.07 bits per heavy atom. The van der Waals surface area contributed by atoms with Gasteiger partial charge in [-0.1, -0.05) is 11.6 Å². The van der Waals surface area contributed by atoms with Crippen molar-refractivity contribution in [2.24, 2.45) is 0 Å². The normalized spacial score (nSPS) is 13.4. The van der Waals surface area contributed by atoms with Gasteiger partial charge in [0.1, 0.15) is 0 Å². The van der Waals surface area contributed by atoms with Crippen LogP contribution in [0.15, 0.2) is 18.2 Å². The van der Waals surface area contributed by atoms with Gasteiger partial charge in [0.2, 0.25) is 0 Å². The predicted octanol–water partition coefficient (Wildman–Crippen LogP) is 2.87. The average Bonchev–Trinajstić information content (AvgIpc) is 2.44. The lowest BCUT2D eigenvalue weighted by Crippen LogP contribution is -2.03. The molecule has 0 radical (unpaired) electrons. The molecular formula is C10H10ClNOS. The van der Waals surface area contributed by atoms with Crippen LogP contribution in [0.5, 0.6) is 0 Å². The highest BCUT2D eigenvalue weighted by atomic mass is 35.5. The largest absolute Gasteiger partial charge is 0.393 e. The van der Waals surface area contributed by atoms with Crippen LogP contribution in [0.2, 0.25) is 5.02 Å². The fraction of sp³-hybridized carbons (Fsp3) is 0.300. The number of thiazole rings is 1. The van der Waals surface area contributed by atoms with Crippen molar-refractivity contribution in [3.8, 4) is 0 Å². The standard InChI is InChI=1S/C10H10ClNOS/c1-6(13)4-10-12-8-3-2-7(11)5-9(8)14-10/h2-3,5-6,13H,4H2,1H3. The zero-order valence-corrected chi connectivity index (χ0v) is 9.27. The molecule has 0 aliphatic carbocycles. The average molecular weight is 228 g/mol.